The van der Waals surface area contributed by atoms with Gasteiger partial charge >= 0.3 is 10.3 Å². The highest BCUT2D eigenvalue weighted by Crippen LogP contribution is 2.26. The molecule has 1 atom stereocenters. The fourth-order valence-electron chi connectivity index (χ4n) is 2.48. The van der Waals surface area contributed by atoms with Gasteiger partial charge in [0.25, 0.3) is 0 Å². The highest BCUT2D eigenvalue weighted by atomic mass is 32.2. The first-order chi connectivity index (χ1) is 10.2. The molecule has 124 valence electrons. The van der Waals surface area contributed by atoms with Crippen molar-refractivity contribution < 1.29 is 21.0 Å². The van der Waals surface area contributed by atoms with Crippen molar-refractivity contribution >= 4 is 20.3 Å². The first kappa shape index (κ1) is 17.4. The minimum Gasteiger partial charge on any atom is -0.257 e. The minimum atomic E-state index is -4.08. The lowest BCUT2D eigenvalue weighted by atomic mass is 10.1. The Morgan fingerprint density at radius 3 is 2.41 bits per heavy atom. The smallest absolute Gasteiger partial charge is 0.257 e. The van der Waals surface area contributed by atoms with Crippen molar-refractivity contribution in [3.63, 3.8) is 0 Å². The van der Waals surface area contributed by atoms with Crippen LogP contribution in [0.5, 0.6) is 0 Å². The quantitative estimate of drug-likeness (QED) is 0.845. The van der Waals surface area contributed by atoms with Crippen LogP contribution in [0.1, 0.15) is 24.8 Å². The number of nitrogens with zero attached hydrogens (tertiary/aromatic N) is 1. The topological polar surface area (TPSA) is 107 Å². The molecule has 7 nitrogen and oxygen atoms in total. The Kier molecular flexibility index (Phi) is 5.23. The van der Waals surface area contributed by atoms with Gasteiger partial charge in [0.05, 0.1) is 17.5 Å². The summed E-state index contributed by atoms with van der Waals surface area (Å²) in [7, 11) is -7.76. The van der Waals surface area contributed by atoms with Gasteiger partial charge in [-0.2, -0.15) is 12.7 Å². The van der Waals surface area contributed by atoms with Crippen LogP contribution in [0.3, 0.4) is 0 Å². The van der Waals surface area contributed by atoms with Gasteiger partial charge < -0.3 is 0 Å². The van der Waals surface area contributed by atoms with Gasteiger partial charge in [-0.3, -0.25) is 4.18 Å². The highest BCUT2D eigenvalue weighted by molar-refractivity contribution is 7.89. The second-order valence-electron chi connectivity index (χ2n) is 5.36. The molecule has 1 aliphatic rings. The Bertz CT molecular complexity index is 713. The van der Waals surface area contributed by atoms with Crippen LogP contribution in [-0.2, 0) is 24.5 Å². The summed E-state index contributed by atoms with van der Waals surface area (Å²) < 4.78 is 53.2. The van der Waals surface area contributed by atoms with E-state index in [1.54, 1.807) is 24.3 Å². The lowest BCUT2D eigenvalue weighted by Gasteiger charge is -2.34. The van der Waals surface area contributed by atoms with Crippen LogP contribution >= 0.6 is 0 Å². The van der Waals surface area contributed by atoms with Gasteiger partial charge in [0.2, 0.25) is 10.0 Å². The molecule has 0 aliphatic carbocycles. The number of hydrogen-bond acceptors (Lipinski definition) is 5. The predicted molar refractivity (Wildman–Crippen MR) is 81.8 cm³/mol. The van der Waals surface area contributed by atoms with E-state index in [0.717, 1.165) is 18.4 Å². The van der Waals surface area contributed by atoms with Crippen LogP contribution in [0.4, 0.5) is 0 Å². The monoisotopic (exact) mass is 348 g/mol. The van der Waals surface area contributed by atoms with E-state index in [1.807, 2.05) is 6.92 Å². The number of sulfonamides is 1. The molecule has 0 spiro atoms. The molecule has 1 saturated heterocycles. The molecule has 1 heterocycles. The molecule has 0 amide bonds. The number of benzene rings is 1. The average molecular weight is 348 g/mol. The van der Waals surface area contributed by atoms with Crippen molar-refractivity contribution in [3.05, 3.63) is 29.8 Å². The Hall–Kier alpha value is -1.00. The number of hydrogen-bond donors (Lipinski definition) is 1. The molecule has 2 rings (SSSR count). The number of rotatable bonds is 5. The van der Waals surface area contributed by atoms with E-state index >= 15 is 0 Å². The Morgan fingerprint density at radius 1 is 1.18 bits per heavy atom. The van der Waals surface area contributed by atoms with E-state index in [9.17, 15) is 16.8 Å². The Labute approximate surface area is 131 Å². The van der Waals surface area contributed by atoms with Crippen molar-refractivity contribution in [3.8, 4) is 0 Å². The van der Waals surface area contributed by atoms with Gasteiger partial charge in [-0.15, -0.1) is 0 Å². The van der Waals surface area contributed by atoms with Crippen LogP contribution < -0.4 is 5.14 Å². The molecule has 9 heteroatoms. The summed E-state index contributed by atoms with van der Waals surface area (Å²) in [6, 6.07) is 6.03. The largest absolute Gasteiger partial charge is 0.333 e. The molecule has 0 saturated carbocycles. The number of nitrogens with two attached hydrogens (primary N) is 1. The van der Waals surface area contributed by atoms with E-state index in [0.29, 0.717) is 13.0 Å². The average Bonchev–Trinajstić information content (AvgIpc) is 2.45. The number of piperidine rings is 1. The molecule has 1 unspecified atom stereocenters. The lowest BCUT2D eigenvalue weighted by molar-refractivity contribution is 0.173. The van der Waals surface area contributed by atoms with Crippen molar-refractivity contribution in [2.75, 3.05) is 13.2 Å². The zero-order valence-corrected chi connectivity index (χ0v) is 13.9. The standard InChI is InChI=1S/C13H20N2O5S2/c1-11-5-7-13(8-6-11)21(16,17)15-9-3-2-4-12(15)10-20-22(14,18)19/h5-8,12H,2-4,9-10H2,1H3,(H2,14,18,19). The van der Waals surface area contributed by atoms with Crippen LogP contribution in [0.15, 0.2) is 29.2 Å². The van der Waals surface area contributed by atoms with Crippen LogP contribution in [0.2, 0.25) is 0 Å². The summed E-state index contributed by atoms with van der Waals surface area (Å²) in [5.41, 5.74) is 0.965. The van der Waals surface area contributed by atoms with E-state index in [2.05, 4.69) is 4.18 Å². The van der Waals surface area contributed by atoms with Gasteiger partial charge in [0.15, 0.2) is 0 Å². The first-order valence-corrected chi connectivity index (χ1v) is 9.87. The molecule has 0 aromatic heterocycles. The van der Waals surface area contributed by atoms with Gasteiger partial charge in [-0.05, 0) is 31.9 Å². The van der Waals surface area contributed by atoms with Crippen molar-refractivity contribution in [2.45, 2.75) is 37.1 Å². The zero-order chi connectivity index (χ0) is 16.4. The fourth-order valence-corrected chi connectivity index (χ4v) is 4.50. The second kappa shape index (κ2) is 6.63. The molecule has 0 bridgehead atoms. The van der Waals surface area contributed by atoms with Crippen LogP contribution in [0, 0.1) is 6.92 Å². The highest BCUT2D eigenvalue weighted by Gasteiger charge is 2.34. The molecule has 1 aromatic carbocycles. The van der Waals surface area contributed by atoms with Crippen LogP contribution in [0.25, 0.3) is 0 Å². The Morgan fingerprint density at radius 2 is 1.82 bits per heavy atom. The third-order valence-corrected chi connectivity index (χ3v) is 6.06. The molecule has 1 aromatic rings. The zero-order valence-electron chi connectivity index (χ0n) is 12.3. The fraction of sp³-hybridized carbons (Fsp3) is 0.538. The minimum absolute atomic E-state index is 0.195. The first-order valence-electron chi connectivity index (χ1n) is 6.96. The second-order valence-corrected chi connectivity index (χ2v) is 8.47. The molecular weight excluding hydrogens is 328 g/mol. The maximum absolute atomic E-state index is 12.7. The van der Waals surface area contributed by atoms with Crippen molar-refractivity contribution in [1.82, 2.24) is 4.31 Å². The molecule has 22 heavy (non-hydrogen) atoms. The van der Waals surface area contributed by atoms with E-state index < -0.39 is 26.4 Å². The SMILES string of the molecule is Cc1ccc(S(=O)(=O)N2CCCCC2COS(N)(=O)=O)cc1. The molecule has 1 aliphatic heterocycles. The maximum Gasteiger partial charge on any atom is 0.333 e. The third-order valence-electron chi connectivity index (χ3n) is 3.63. The summed E-state index contributed by atoms with van der Waals surface area (Å²) in [4.78, 5) is 0.195. The third kappa shape index (κ3) is 4.26. The Balaban J connectivity index is 2.24. The molecular formula is C13H20N2O5S2. The van der Waals surface area contributed by atoms with E-state index in [4.69, 9.17) is 5.14 Å². The summed E-state index contributed by atoms with van der Waals surface area (Å²) >= 11 is 0. The van der Waals surface area contributed by atoms with Gasteiger partial charge in [-0.25, -0.2) is 13.6 Å². The van der Waals surface area contributed by atoms with Crippen molar-refractivity contribution in [1.29, 1.82) is 0 Å². The molecule has 1 fully saturated rings. The molecule has 2 N–H and O–H groups in total. The van der Waals surface area contributed by atoms with Crippen molar-refractivity contribution in [2.24, 2.45) is 5.14 Å². The maximum atomic E-state index is 12.7. The normalized spacial score (nSPS) is 20.9. The van der Waals surface area contributed by atoms with Crippen LogP contribution in [-0.4, -0.2) is 40.3 Å². The molecule has 0 radical (unpaired) electrons. The summed E-state index contributed by atoms with van der Waals surface area (Å²) in [6.07, 6.45) is 2.09. The van der Waals surface area contributed by atoms with Gasteiger partial charge in [-0.1, -0.05) is 24.1 Å². The summed E-state index contributed by atoms with van der Waals surface area (Å²) in [5, 5.41) is 4.82. The van der Waals surface area contributed by atoms with Gasteiger partial charge in [0.1, 0.15) is 0 Å². The van der Waals surface area contributed by atoms with Gasteiger partial charge in [0, 0.05) is 6.54 Å². The number of aryl methyl sites for hydroxylation is 1. The van der Waals surface area contributed by atoms with E-state index in [-0.39, 0.29) is 11.5 Å². The van der Waals surface area contributed by atoms with E-state index in [1.165, 1.54) is 4.31 Å². The summed E-state index contributed by atoms with van der Waals surface area (Å²) in [5.74, 6) is 0. The summed E-state index contributed by atoms with van der Waals surface area (Å²) in [6.45, 7) is 1.96. The predicted octanol–water partition coefficient (Wildman–Crippen LogP) is 0.758. The lowest BCUT2D eigenvalue weighted by Crippen LogP contribution is -2.46.